The van der Waals surface area contributed by atoms with Gasteiger partial charge in [-0.25, -0.2) is 4.98 Å². The number of anilines is 1. The third-order valence-corrected chi connectivity index (χ3v) is 3.39. The summed E-state index contributed by atoms with van der Waals surface area (Å²) in [5, 5.41) is 0. The van der Waals surface area contributed by atoms with E-state index in [1.54, 1.807) is 19.5 Å². The van der Waals surface area contributed by atoms with Crippen molar-refractivity contribution >= 4 is 5.82 Å². The molecule has 5 heteroatoms. The molecule has 0 aliphatic carbocycles. The zero-order valence-corrected chi connectivity index (χ0v) is 10.5. The maximum absolute atomic E-state index is 5.51. The van der Waals surface area contributed by atoms with Gasteiger partial charge < -0.3 is 10.5 Å². The summed E-state index contributed by atoms with van der Waals surface area (Å²) in [6.07, 6.45) is 4.84. The number of hydrogen-bond acceptors (Lipinski definition) is 5. The average molecular weight is 236 g/mol. The molecule has 1 aliphatic heterocycles. The lowest BCUT2D eigenvalue weighted by molar-refractivity contribution is -0.00781. The second-order valence-electron chi connectivity index (χ2n) is 4.71. The van der Waals surface area contributed by atoms with Gasteiger partial charge in [-0.05, 0) is 18.9 Å². The number of ether oxygens (including phenoxy) is 1. The molecule has 1 saturated heterocycles. The van der Waals surface area contributed by atoms with E-state index in [0.717, 1.165) is 25.3 Å². The fourth-order valence-corrected chi connectivity index (χ4v) is 2.22. The number of aromatic nitrogens is 2. The van der Waals surface area contributed by atoms with Crippen molar-refractivity contribution < 1.29 is 4.74 Å². The van der Waals surface area contributed by atoms with Crippen LogP contribution in [0, 0.1) is 5.92 Å². The molecule has 94 valence electrons. The quantitative estimate of drug-likeness (QED) is 0.845. The first-order valence-electron chi connectivity index (χ1n) is 6.00. The summed E-state index contributed by atoms with van der Waals surface area (Å²) in [6.45, 7) is 5.12. The molecule has 2 unspecified atom stereocenters. The van der Waals surface area contributed by atoms with E-state index in [2.05, 4.69) is 21.8 Å². The van der Waals surface area contributed by atoms with Crippen molar-refractivity contribution in [2.24, 2.45) is 5.92 Å². The zero-order valence-electron chi connectivity index (χ0n) is 10.5. The third kappa shape index (κ3) is 3.14. The van der Waals surface area contributed by atoms with Gasteiger partial charge in [-0.2, -0.15) is 0 Å². The Bertz CT molecular complexity index is 354. The molecule has 2 heterocycles. The number of piperidine rings is 1. The Morgan fingerprint density at radius 3 is 2.94 bits per heavy atom. The predicted molar refractivity (Wildman–Crippen MR) is 66.3 cm³/mol. The lowest BCUT2D eigenvalue weighted by Crippen LogP contribution is -2.43. The van der Waals surface area contributed by atoms with Gasteiger partial charge in [0.15, 0.2) is 0 Å². The molecule has 0 spiro atoms. The normalized spacial score (nSPS) is 26.0. The molecule has 1 aliphatic rings. The van der Waals surface area contributed by atoms with Crippen molar-refractivity contribution in [1.29, 1.82) is 0 Å². The van der Waals surface area contributed by atoms with Crippen LogP contribution in [0.25, 0.3) is 0 Å². The molecule has 1 fully saturated rings. The van der Waals surface area contributed by atoms with Crippen LogP contribution in [0.15, 0.2) is 12.4 Å². The topological polar surface area (TPSA) is 64.3 Å². The summed E-state index contributed by atoms with van der Waals surface area (Å²) in [5.74, 6) is 1.10. The SMILES string of the molecule is COC1CN(Cc2cnc(N)cn2)CCC1C. The summed E-state index contributed by atoms with van der Waals surface area (Å²) in [7, 11) is 1.79. The largest absolute Gasteiger partial charge is 0.382 e. The summed E-state index contributed by atoms with van der Waals surface area (Å²) in [4.78, 5) is 10.7. The molecule has 2 N–H and O–H groups in total. The van der Waals surface area contributed by atoms with E-state index in [1.807, 2.05) is 0 Å². The number of nitrogens with two attached hydrogens (primary N) is 1. The Morgan fingerprint density at radius 1 is 1.47 bits per heavy atom. The number of rotatable bonds is 3. The molecule has 5 nitrogen and oxygen atoms in total. The van der Waals surface area contributed by atoms with Gasteiger partial charge in [-0.15, -0.1) is 0 Å². The van der Waals surface area contributed by atoms with Crippen LogP contribution in [0.5, 0.6) is 0 Å². The Balaban J connectivity index is 1.93. The van der Waals surface area contributed by atoms with E-state index in [1.165, 1.54) is 6.42 Å². The molecule has 17 heavy (non-hydrogen) atoms. The first-order valence-corrected chi connectivity index (χ1v) is 6.00. The minimum atomic E-state index is 0.325. The second kappa shape index (κ2) is 5.42. The van der Waals surface area contributed by atoms with Gasteiger partial charge >= 0.3 is 0 Å². The summed E-state index contributed by atoms with van der Waals surface area (Å²) < 4.78 is 5.49. The highest BCUT2D eigenvalue weighted by atomic mass is 16.5. The van der Waals surface area contributed by atoms with Gasteiger partial charge in [0.25, 0.3) is 0 Å². The molecular formula is C12H20N4O. The molecule has 1 aromatic heterocycles. The Hall–Kier alpha value is -1.20. The maximum Gasteiger partial charge on any atom is 0.141 e. The fourth-order valence-electron chi connectivity index (χ4n) is 2.22. The zero-order chi connectivity index (χ0) is 12.3. The van der Waals surface area contributed by atoms with Crippen LogP contribution in [0.1, 0.15) is 19.0 Å². The Morgan fingerprint density at radius 2 is 2.29 bits per heavy atom. The van der Waals surface area contributed by atoms with Crippen molar-refractivity contribution in [2.45, 2.75) is 26.0 Å². The highest BCUT2D eigenvalue weighted by Crippen LogP contribution is 2.20. The van der Waals surface area contributed by atoms with E-state index in [4.69, 9.17) is 10.5 Å². The minimum absolute atomic E-state index is 0.325. The van der Waals surface area contributed by atoms with E-state index in [9.17, 15) is 0 Å². The minimum Gasteiger partial charge on any atom is -0.382 e. The lowest BCUT2D eigenvalue weighted by Gasteiger charge is -2.35. The predicted octanol–water partition coefficient (Wildman–Crippen LogP) is 0.916. The molecule has 0 amide bonds. The highest BCUT2D eigenvalue weighted by molar-refractivity contribution is 5.22. The molecule has 2 rings (SSSR count). The Labute approximate surface area is 102 Å². The molecule has 2 atom stereocenters. The molecule has 0 aromatic carbocycles. The van der Waals surface area contributed by atoms with Crippen molar-refractivity contribution in [1.82, 2.24) is 14.9 Å². The van der Waals surface area contributed by atoms with Gasteiger partial charge in [0.2, 0.25) is 0 Å². The van der Waals surface area contributed by atoms with Crippen molar-refractivity contribution in [3.63, 3.8) is 0 Å². The van der Waals surface area contributed by atoms with Crippen LogP contribution in [0.2, 0.25) is 0 Å². The summed E-state index contributed by atoms with van der Waals surface area (Å²) in [6, 6.07) is 0. The van der Waals surface area contributed by atoms with E-state index in [0.29, 0.717) is 17.8 Å². The lowest BCUT2D eigenvalue weighted by atomic mass is 9.96. The standard InChI is InChI=1S/C12H20N4O/c1-9-3-4-16(8-11(9)17-2)7-10-5-15-12(13)6-14-10/h5-6,9,11H,3-4,7-8H2,1-2H3,(H2,13,15). The molecule has 0 radical (unpaired) electrons. The first kappa shape index (κ1) is 12.3. The maximum atomic E-state index is 5.51. The van der Waals surface area contributed by atoms with E-state index in [-0.39, 0.29) is 0 Å². The number of hydrogen-bond donors (Lipinski definition) is 1. The van der Waals surface area contributed by atoms with Gasteiger partial charge in [0, 0.05) is 20.2 Å². The average Bonchev–Trinajstić information content (AvgIpc) is 2.34. The third-order valence-electron chi connectivity index (χ3n) is 3.39. The van der Waals surface area contributed by atoms with Crippen molar-refractivity contribution in [2.75, 3.05) is 25.9 Å². The molecule has 0 bridgehead atoms. The van der Waals surface area contributed by atoms with Gasteiger partial charge in [0.05, 0.1) is 24.2 Å². The van der Waals surface area contributed by atoms with Crippen LogP contribution in [0.4, 0.5) is 5.82 Å². The van der Waals surface area contributed by atoms with Crippen LogP contribution in [-0.2, 0) is 11.3 Å². The monoisotopic (exact) mass is 236 g/mol. The smallest absolute Gasteiger partial charge is 0.141 e. The van der Waals surface area contributed by atoms with Crippen molar-refractivity contribution in [3.05, 3.63) is 18.1 Å². The molecule has 0 saturated carbocycles. The number of methoxy groups -OCH3 is 1. The van der Waals surface area contributed by atoms with Gasteiger partial charge in [-0.3, -0.25) is 9.88 Å². The van der Waals surface area contributed by atoms with Crippen LogP contribution in [0.3, 0.4) is 0 Å². The van der Waals surface area contributed by atoms with Crippen molar-refractivity contribution in [3.8, 4) is 0 Å². The van der Waals surface area contributed by atoms with Crippen LogP contribution in [-0.4, -0.2) is 41.2 Å². The fraction of sp³-hybridized carbons (Fsp3) is 0.667. The number of nitrogens with zero attached hydrogens (tertiary/aromatic N) is 3. The Kier molecular flexibility index (Phi) is 3.91. The first-order chi connectivity index (χ1) is 8.19. The molecule has 1 aromatic rings. The number of nitrogen functional groups attached to an aromatic ring is 1. The van der Waals surface area contributed by atoms with E-state index < -0.39 is 0 Å². The van der Waals surface area contributed by atoms with Gasteiger partial charge in [0.1, 0.15) is 5.82 Å². The van der Waals surface area contributed by atoms with Crippen LogP contribution < -0.4 is 5.73 Å². The van der Waals surface area contributed by atoms with Crippen LogP contribution >= 0.6 is 0 Å². The highest BCUT2D eigenvalue weighted by Gasteiger charge is 2.25. The van der Waals surface area contributed by atoms with E-state index >= 15 is 0 Å². The summed E-state index contributed by atoms with van der Waals surface area (Å²) in [5.41, 5.74) is 6.48. The van der Waals surface area contributed by atoms with Gasteiger partial charge in [-0.1, -0.05) is 6.92 Å². The number of likely N-dealkylation sites (tertiary alicyclic amines) is 1. The molecular weight excluding hydrogens is 216 g/mol. The summed E-state index contributed by atoms with van der Waals surface area (Å²) >= 11 is 0. The second-order valence-corrected chi connectivity index (χ2v) is 4.71.